The molecule has 0 radical (unpaired) electrons. The first kappa shape index (κ1) is 15.4. The number of hydrogen-bond donors (Lipinski definition) is 0. The molecule has 0 spiro atoms. The van der Waals surface area contributed by atoms with E-state index in [4.69, 9.17) is 9.47 Å². The molecule has 0 aromatic heterocycles. The van der Waals surface area contributed by atoms with Crippen LogP contribution in [0, 0.1) is 17.8 Å². The van der Waals surface area contributed by atoms with Gasteiger partial charge in [-0.2, -0.15) is 0 Å². The monoisotopic (exact) mass is 254 g/mol. The summed E-state index contributed by atoms with van der Waals surface area (Å²) in [7, 11) is 0. The van der Waals surface area contributed by atoms with Crippen LogP contribution in [-0.2, 0) is 9.47 Å². The first-order chi connectivity index (χ1) is 8.58. The summed E-state index contributed by atoms with van der Waals surface area (Å²) in [5.41, 5.74) is 0. The Balaban J connectivity index is 2.66. The van der Waals surface area contributed by atoms with Crippen LogP contribution in [0.5, 0.6) is 0 Å². The summed E-state index contributed by atoms with van der Waals surface area (Å²) in [6.45, 7) is 11.8. The minimum absolute atomic E-state index is 0.332. The van der Waals surface area contributed by atoms with Crippen LogP contribution < -0.4 is 0 Å². The Morgan fingerprint density at radius 1 is 1.28 bits per heavy atom. The zero-order valence-corrected chi connectivity index (χ0v) is 12.7. The number of rotatable bonds is 6. The lowest BCUT2D eigenvalue weighted by Gasteiger charge is -2.37. The zero-order chi connectivity index (χ0) is 13.5. The average molecular weight is 254 g/mol. The molecule has 3 unspecified atom stereocenters. The molecule has 0 aromatic carbocycles. The molecule has 1 rings (SSSR count). The normalized spacial score (nSPS) is 29.4. The van der Waals surface area contributed by atoms with Crippen molar-refractivity contribution in [3.8, 4) is 0 Å². The first-order valence-corrected chi connectivity index (χ1v) is 7.58. The lowest BCUT2D eigenvalue weighted by Crippen LogP contribution is -2.34. The van der Waals surface area contributed by atoms with Gasteiger partial charge in [0.05, 0.1) is 6.61 Å². The van der Waals surface area contributed by atoms with Crippen LogP contribution in [0.15, 0.2) is 12.0 Å². The third-order valence-electron chi connectivity index (χ3n) is 3.89. The van der Waals surface area contributed by atoms with Crippen LogP contribution in [0.25, 0.3) is 0 Å². The Morgan fingerprint density at radius 2 is 2.00 bits per heavy atom. The van der Waals surface area contributed by atoms with Gasteiger partial charge in [0.25, 0.3) is 5.95 Å². The van der Waals surface area contributed by atoms with Crippen LogP contribution in [0.1, 0.15) is 60.3 Å². The fourth-order valence-electron chi connectivity index (χ4n) is 2.85. The summed E-state index contributed by atoms with van der Waals surface area (Å²) in [5.74, 6) is 2.87. The highest BCUT2D eigenvalue weighted by atomic mass is 16.7. The molecule has 1 fully saturated rings. The molecule has 1 aliphatic carbocycles. The summed E-state index contributed by atoms with van der Waals surface area (Å²) in [4.78, 5) is 0. The van der Waals surface area contributed by atoms with E-state index < -0.39 is 0 Å². The van der Waals surface area contributed by atoms with E-state index in [-0.39, 0.29) is 0 Å². The van der Waals surface area contributed by atoms with Crippen LogP contribution in [-0.4, -0.2) is 12.7 Å². The second-order valence-corrected chi connectivity index (χ2v) is 5.85. The second-order valence-electron chi connectivity index (χ2n) is 5.85. The highest BCUT2D eigenvalue weighted by Gasteiger charge is 2.32. The van der Waals surface area contributed by atoms with Crippen molar-refractivity contribution in [1.29, 1.82) is 0 Å². The Bertz CT molecular complexity index is 258. The molecule has 3 atom stereocenters. The van der Waals surface area contributed by atoms with Gasteiger partial charge in [-0.25, -0.2) is 0 Å². The molecule has 0 N–H and O–H groups in total. The van der Waals surface area contributed by atoms with Gasteiger partial charge in [-0.3, -0.25) is 0 Å². The van der Waals surface area contributed by atoms with E-state index in [1.165, 1.54) is 12.8 Å². The zero-order valence-electron chi connectivity index (χ0n) is 12.7. The average Bonchev–Trinajstić information content (AvgIpc) is 2.29. The Labute approximate surface area is 113 Å². The predicted octanol–water partition coefficient (Wildman–Crippen LogP) is 4.75. The molecule has 18 heavy (non-hydrogen) atoms. The molecule has 0 aliphatic heterocycles. The van der Waals surface area contributed by atoms with Gasteiger partial charge in [0.2, 0.25) is 0 Å². The molecule has 0 heterocycles. The minimum atomic E-state index is 0.332. The van der Waals surface area contributed by atoms with E-state index in [1.54, 1.807) is 0 Å². The maximum Gasteiger partial charge on any atom is 0.275 e. The van der Waals surface area contributed by atoms with Crippen LogP contribution in [0.4, 0.5) is 0 Å². The quantitative estimate of drug-likeness (QED) is 0.637. The van der Waals surface area contributed by atoms with E-state index in [0.717, 1.165) is 24.7 Å². The van der Waals surface area contributed by atoms with Gasteiger partial charge in [-0.1, -0.05) is 34.1 Å². The topological polar surface area (TPSA) is 18.5 Å². The van der Waals surface area contributed by atoms with Crippen molar-refractivity contribution in [3.63, 3.8) is 0 Å². The van der Waals surface area contributed by atoms with E-state index in [0.29, 0.717) is 24.5 Å². The summed E-state index contributed by atoms with van der Waals surface area (Å²) in [6.07, 6.45) is 7.14. The Kier molecular flexibility index (Phi) is 6.59. The standard InChI is InChI=1S/C16H30O2/c1-6-8-16(17-7-2)18-15-11-13(5)9-10-14(15)12(3)4/h8,12-15H,6-7,9-11H2,1-5H3/b16-8+. The van der Waals surface area contributed by atoms with E-state index in [2.05, 4.69) is 33.8 Å². The molecule has 0 amide bonds. The molecule has 1 saturated carbocycles. The SMILES string of the molecule is CC/C=C(\OCC)OC1CC(C)CCC1C(C)C. The van der Waals surface area contributed by atoms with E-state index in [1.807, 2.05) is 6.92 Å². The molecular formula is C16H30O2. The predicted molar refractivity (Wildman–Crippen MR) is 76.2 cm³/mol. The molecule has 2 heteroatoms. The molecule has 0 saturated heterocycles. The number of ether oxygens (including phenoxy) is 2. The molecule has 0 aromatic rings. The number of allylic oxidation sites excluding steroid dienone is 1. The van der Waals surface area contributed by atoms with Gasteiger partial charge in [0.1, 0.15) is 6.10 Å². The van der Waals surface area contributed by atoms with Gasteiger partial charge >= 0.3 is 0 Å². The van der Waals surface area contributed by atoms with Crippen molar-refractivity contribution in [2.75, 3.05) is 6.61 Å². The number of hydrogen-bond acceptors (Lipinski definition) is 2. The van der Waals surface area contributed by atoms with Gasteiger partial charge < -0.3 is 9.47 Å². The van der Waals surface area contributed by atoms with Crippen molar-refractivity contribution < 1.29 is 9.47 Å². The van der Waals surface area contributed by atoms with E-state index >= 15 is 0 Å². The van der Waals surface area contributed by atoms with Crippen LogP contribution in [0.2, 0.25) is 0 Å². The summed E-state index contributed by atoms with van der Waals surface area (Å²) in [6, 6.07) is 0. The van der Waals surface area contributed by atoms with Crippen LogP contribution in [0.3, 0.4) is 0 Å². The lowest BCUT2D eigenvalue weighted by molar-refractivity contribution is -0.0628. The Morgan fingerprint density at radius 3 is 2.56 bits per heavy atom. The molecule has 106 valence electrons. The summed E-state index contributed by atoms with van der Waals surface area (Å²) in [5, 5.41) is 0. The van der Waals surface area contributed by atoms with E-state index in [9.17, 15) is 0 Å². The smallest absolute Gasteiger partial charge is 0.275 e. The largest absolute Gasteiger partial charge is 0.466 e. The Hall–Kier alpha value is -0.660. The second kappa shape index (κ2) is 7.70. The van der Waals surface area contributed by atoms with Crippen molar-refractivity contribution in [2.45, 2.75) is 66.4 Å². The maximum absolute atomic E-state index is 6.16. The molecular weight excluding hydrogens is 224 g/mol. The molecule has 1 aliphatic rings. The van der Waals surface area contributed by atoms with Crippen molar-refractivity contribution in [3.05, 3.63) is 12.0 Å². The molecule has 0 bridgehead atoms. The van der Waals surface area contributed by atoms with Crippen LogP contribution >= 0.6 is 0 Å². The fraction of sp³-hybridized carbons (Fsp3) is 0.875. The molecule has 2 nitrogen and oxygen atoms in total. The minimum Gasteiger partial charge on any atom is -0.466 e. The van der Waals surface area contributed by atoms with Gasteiger partial charge in [0, 0.05) is 0 Å². The summed E-state index contributed by atoms with van der Waals surface area (Å²) >= 11 is 0. The first-order valence-electron chi connectivity index (χ1n) is 7.58. The fourth-order valence-corrected chi connectivity index (χ4v) is 2.85. The summed E-state index contributed by atoms with van der Waals surface area (Å²) < 4.78 is 11.7. The highest BCUT2D eigenvalue weighted by molar-refractivity contribution is 4.88. The maximum atomic E-state index is 6.16. The third kappa shape index (κ3) is 4.55. The van der Waals surface area contributed by atoms with Gasteiger partial charge in [-0.15, -0.1) is 0 Å². The lowest BCUT2D eigenvalue weighted by atomic mass is 9.75. The third-order valence-corrected chi connectivity index (χ3v) is 3.89. The van der Waals surface area contributed by atoms with Crippen molar-refractivity contribution >= 4 is 0 Å². The highest BCUT2D eigenvalue weighted by Crippen LogP contribution is 2.36. The van der Waals surface area contributed by atoms with Crippen molar-refractivity contribution in [1.82, 2.24) is 0 Å². The van der Waals surface area contributed by atoms with Crippen molar-refractivity contribution in [2.24, 2.45) is 17.8 Å². The van der Waals surface area contributed by atoms with Gasteiger partial charge in [0.15, 0.2) is 0 Å². The van der Waals surface area contributed by atoms with Gasteiger partial charge in [-0.05, 0) is 50.0 Å².